The van der Waals surface area contributed by atoms with Crippen LogP contribution in [0, 0.1) is 31.4 Å². The Morgan fingerprint density at radius 3 is 1.74 bits per heavy atom. The van der Waals surface area contributed by atoms with Gasteiger partial charge in [0.1, 0.15) is 0 Å². The third kappa shape index (κ3) is 5.41. The third-order valence-corrected chi connectivity index (χ3v) is 10.7. The molecule has 0 spiro atoms. The lowest BCUT2D eigenvalue weighted by molar-refractivity contribution is 1.14. The molecule has 57 heavy (non-hydrogen) atoms. The number of hydrogen-bond acceptors (Lipinski definition) is 3. The van der Waals surface area contributed by atoms with Crippen LogP contribution in [0.4, 0.5) is 11.4 Å². The molecule has 3 aromatic heterocycles. The molecule has 0 aliphatic carbocycles. The van der Waals surface area contributed by atoms with Gasteiger partial charge in [-0.25, -0.2) is 19.7 Å². The van der Waals surface area contributed by atoms with Crippen molar-refractivity contribution < 1.29 is 0 Å². The molecule has 0 amide bonds. The molecule has 7 heteroatoms. The number of aromatic nitrogens is 4. The summed E-state index contributed by atoms with van der Waals surface area (Å²) in [6, 6.07) is 55.0. The fourth-order valence-corrected chi connectivity index (χ4v) is 8.11. The molecule has 3 heterocycles. The van der Waals surface area contributed by atoms with Gasteiger partial charge >= 0.3 is 0 Å². The number of benzene rings is 7. The summed E-state index contributed by atoms with van der Waals surface area (Å²) >= 11 is 0. The molecule has 0 aliphatic heterocycles. The van der Waals surface area contributed by atoms with E-state index in [2.05, 4.69) is 123 Å². The number of aryl methyl sites for hydroxylation is 1. The molecule has 0 fully saturated rings. The van der Waals surface area contributed by atoms with Gasteiger partial charge in [0.05, 0.1) is 63.9 Å². The minimum Gasteiger partial charge on any atom is -0.309 e. The topological polar surface area (TPSA) is 68.2 Å². The third-order valence-electron chi connectivity index (χ3n) is 10.7. The second kappa shape index (κ2) is 13.2. The van der Waals surface area contributed by atoms with E-state index in [1.54, 1.807) is 24.3 Å². The fourth-order valence-electron chi connectivity index (χ4n) is 8.11. The molecule has 10 aromatic rings. The Labute approximate surface area is 328 Å². The number of fused-ring (bicyclic) bond motifs is 6. The number of nitriles is 1. The highest BCUT2D eigenvalue weighted by atomic mass is 15.0. The van der Waals surface area contributed by atoms with E-state index in [-0.39, 0.29) is 0 Å². The highest BCUT2D eigenvalue weighted by Crippen LogP contribution is 2.39. The number of para-hydroxylation sites is 3. The summed E-state index contributed by atoms with van der Waals surface area (Å²) in [7, 11) is 0. The van der Waals surface area contributed by atoms with Gasteiger partial charge in [-0.3, -0.25) is 0 Å². The van der Waals surface area contributed by atoms with Crippen LogP contribution in [0.5, 0.6) is 0 Å². The lowest BCUT2D eigenvalue weighted by Gasteiger charge is -2.16. The van der Waals surface area contributed by atoms with Crippen molar-refractivity contribution in [3.05, 3.63) is 192 Å². The van der Waals surface area contributed by atoms with E-state index in [0.717, 1.165) is 55.3 Å². The molecule has 0 aliphatic rings. The fraction of sp³-hybridized carbons (Fsp3) is 0.0200. The van der Waals surface area contributed by atoms with Gasteiger partial charge in [0.25, 0.3) is 0 Å². The average Bonchev–Trinajstić information content (AvgIpc) is 3.78. The molecule has 0 bridgehead atoms. The molecular formula is C50H29N7. The lowest BCUT2D eigenvalue weighted by atomic mass is 9.98. The van der Waals surface area contributed by atoms with E-state index < -0.39 is 0 Å². The zero-order chi connectivity index (χ0) is 38.6. The Bertz CT molecular complexity index is 3290. The second-order valence-corrected chi connectivity index (χ2v) is 14.0. The number of rotatable bonds is 5. The van der Waals surface area contributed by atoms with Crippen LogP contribution in [-0.4, -0.2) is 19.1 Å². The minimum absolute atomic E-state index is 0.424. The minimum atomic E-state index is 0.424. The van der Waals surface area contributed by atoms with Gasteiger partial charge in [-0.05, 0) is 84.8 Å². The van der Waals surface area contributed by atoms with Crippen LogP contribution < -0.4 is 0 Å². The van der Waals surface area contributed by atoms with Gasteiger partial charge in [-0.2, -0.15) is 5.26 Å². The van der Waals surface area contributed by atoms with E-state index >= 15 is 0 Å². The Morgan fingerprint density at radius 2 is 1.09 bits per heavy atom. The molecular weight excluding hydrogens is 699 g/mol. The van der Waals surface area contributed by atoms with Crippen LogP contribution in [0.1, 0.15) is 11.1 Å². The quantitative estimate of drug-likeness (QED) is 0.166. The maximum absolute atomic E-state index is 10.8. The summed E-state index contributed by atoms with van der Waals surface area (Å²) in [4.78, 5) is 17.1. The molecule has 7 nitrogen and oxygen atoms in total. The molecule has 0 saturated carbocycles. The highest BCUT2D eigenvalue weighted by molar-refractivity contribution is 6.12. The van der Waals surface area contributed by atoms with Crippen LogP contribution in [0.15, 0.2) is 158 Å². The Morgan fingerprint density at radius 1 is 0.526 bits per heavy atom. The summed E-state index contributed by atoms with van der Waals surface area (Å²) in [6.07, 6.45) is 0. The van der Waals surface area contributed by atoms with Crippen LogP contribution in [0.2, 0.25) is 0 Å². The maximum atomic E-state index is 10.8. The van der Waals surface area contributed by atoms with Crippen molar-refractivity contribution in [2.45, 2.75) is 6.92 Å². The first-order valence-electron chi connectivity index (χ1n) is 18.4. The Kier molecular flexibility index (Phi) is 7.72. The van der Waals surface area contributed by atoms with Crippen molar-refractivity contribution in [1.82, 2.24) is 19.1 Å². The summed E-state index contributed by atoms with van der Waals surface area (Å²) in [5.74, 6) is 0.424. The normalized spacial score (nSPS) is 11.2. The zero-order valence-electron chi connectivity index (χ0n) is 30.6. The van der Waals surface area contributed by atoms with Gasteiger partial charge in [0.15, 0.2) is 17.2 Å². The summed E-state index contributed by atoms with van der Waals surface area (Å²) < 4.78 is 4.59. The molecule has 0 N–H and O–H groups in total. The van der Waals surface area contributed by atoms with Gasteiger partial charge in [0, 0.05) is 38.4 Å². The molecule has 7 aromatic carbocycles. The Hall–Kier alpha value is -8.31. The van der Waals surface area contributed by atoms with Gasteiger partial charge in [-0.1, -0.05) is 91.0 Å². The largest absolute Gasteiger partial charge is 0.309 e. The van der Waals surface area contributed by atoms with Gasteiger partial charge in [0.2, 0.25) is 0 Å². The first-order valence-corrected chi connectivity index (χ1v) is 18.4. The summed E-state index contributed by atoms with van der Waals surface area (Å²) in [6.45, 7) is 17.2. The predicted molar refractivity (Wildman–Crippen MR) is 229 cm³/mol. The van der Waals surface area contributed by atoms with Crippen molar-refractivity contribution in [3.8, 4) is 51.3 Å². The van der Waals surface area contributed by atoms with Crippen LogP contribution in [0.3, 0.4) is 0 Å². The monoisotopic (exact) mass is 727 g/mol. The number of hydrogen-bond donors (Lipinski definition) is 0. The summed E-state index contributed by atoms with van der Waals surface area (Å²) in [5.41, 5.74) is 12.0. The molecule has 0 saturated heterocycles. The van der Waals surface area contributed by atoms with E-state index in [9.17, 15) is 5.26 Å². The molecule has 0 unspecified atom stereocenters. The first kappa shape index (κ1) is 33.3. The molecule has 0 atom stereocenters. The van der Waals surface area contributed by atoms with E-state index in [0.29, 0.717) is 45.3 Å². The number of nitrogens with zero attached hydrogens (tertiary/aromatic N) is 7. The van der Waals surface area contributed by atoms with Crippen molar-refractivity contribution in [3.63, 3.8) is 0 Å². The SMILES string of the molecule is [C-]#[N+]c1cccc(-c2cc(-c3cc(C)c(-n4c5ccccc5c5cc(-n6c7ccccc7c7ccccc76)ccc54)cc3C#N)nc(-c3cccc([N+]#[C-])c3)n2)c1. The first-order chi connectivity index (χ1) is 28.0. The van der Waals surface area contributed by atoms with Crippen molar-refractivity contribution in [1.29, 1.82) is 5.26 Å². The molecule has 10 rings (SSSR count). The zero-order valence-corrected chi connectivity index (χ0v) is 30.6. The van der Waals surface area contributed by atoms with E-state index in [1.807, 2.05) is 42.5 Å². The highest BCUT2D eigenvalue weighted by Gasteiger charge is 2.20. The van der Waals surface area contributed by atoms with Crippen LogP contribution in [-0.2, 0) is 0 Å². The van der Waals surface area contributed by atoms with Crippen molar-refractivity contribution >= 4 is 55.0 Å². The Balaban J connectivity index is 1.16. The lowest BCUT2D eigenvalue weighted by Crippen LogP contribution is -2.02. The average molecular weight is 728 g/mol. The van der Waals surface area contributed by atoms with E-state index in [4.69, 9.17) is 23.1 Å². The van der Waals surface area contributed by atoms with Crippen molar-refractivity contribution in [2.24, 2.45) is 0 Å². The van der Waals surface area contributed by atoms with Crippen molar-refractivity contribution in [2.75, 3.05) is 0 Å². The second-order valence-electron chi connectivity index (χ2n) is 14.0. The van der Waals surface area contributed by atoms with Gasteiger partial charge in [-0.15, -0.1) is 0 Å². The summed E-state index contributed by atoms with van der Waals surface area (Å²) in [5, 5.41) is 15.4. The van der Waals surface area contributed by atoms with Crippen LogP contribution in [0.25, 0.3) is 98.6 Å². The molecule has 0 radical (unpaired) electrons. The van der Waals surface area contributed by atoms with Gasteiger partial charge < -0.3 is 9.13 Å². The smallest absolute Gasteiger partial charge is 0.187 e. The standard InChI is InChI=1S/C50H29N7/c1-31-24-41(44-29-43(32-12-10-14-35(25-32)52-2)54-50(55-44)33-13-11-15-36(26-33)53-3)34(30-51)27-49(31)57-47-21-9-6-18-40(47)42-28-37(22-23-48(42)57)56-45-19-7-4-16-38(45)39-17-5-8-20-46(39)56/h4-29H,1H3. The van der Waals surface area contributed by atoms with Crippen LogP contribution >= 0.6 is 0 Å². The molecule has 264 valence electrons. The predicted octanol–water partition coefficient (Wildman–Crippen LogP) is 13.0. The van der Waals surface area contributed by atoms with E-state index in [1.165, 1.54) is 10.8 Å². The maximum Gasteiger partial charge on any atom is 0.187 e.